The highest BCUT2D eigenvalue weighted by molar-refractivity contribution is 7.93. The first-order valence-corrected chi connectivity index (χ1v) is 11.8. The molecule has 0 amide bonds. The lowest BCUT2D eigenvalue weighted by molar-refractivity contribution is 0.598. The monoisotopic (exact) mass is 408 g/mol. The van der Waals surface area contributed by atoms with E-state index in [-0.39, 0.29) is 10.6 Å². The molecule has 2 aromatic carbocycles. The average molecular weight is 409 g/mol. The van der Waals surface area contributed by atoms with Crippen LogP contribution in [0.3, 0.4) is 0 Å². The SMILES string of the molecule is Cc1cc(C)c(S(=O)(=O)Nc2cc(N3CCCS3(=O)=O)ccc2C)cc1C. The normalized spacial score (nSPS) is 16.5. The summed E-state index contributed by atoms with van der Waals surface area (Å²) in [6, 6.07) is 8.54. The Balaban J connectivity index is 2.00. The summed E-state index contributed by atoms with van der Waals surface area (Å²) in [6.45, 7) is 7.77. The van der Waals surface area contributed by atoms with Crippen LogP contribution in [0.5, 0.6) is 0 Å². The molecule has 1 N–H and O–H groups in total. The largest absolute Gasteiger partial charge is 0.279 e. The third kappa shape index (κ3) is 3.82. The first-order valence-electron chi connectivity index (χ1n) is 8.73. The molecule has 27 heavy (non-hydrogen) atoms. The zero-order valence-electron chi connectivity index (χ0n) is 15.9. The first-order chi connectivity index (χ1) is 12.5. The Morgan fingerprint density at radius 3 is 2.22 bits per heavy atom. The van der Waals surface area contributed by atoms with Crippen molar-refractivity contribution in [2.24, 2.45) is 0 Å². The van der Waals surface area contributed by atoms with Crippen LogP contribution in [0, 0.1) is 27.7 Å². The molecule has 2 aromatic rings. The van der Waals surface area contributed by atoms with Crippen LogP contribution in [-0.4, -0.2) is 29.1 Å². The zero-order valence-corrected chi connectivity index (χ0v) is 17.5. The number of nitrogens with zero attached hydrogens (tertiary/aromatic N) is 1. The summed E-state index contributed by atoms with van der Waals surface area (Å²) in [5.41, 5.74) is 4.18. The lowest BCUT2D eigenvalue weighted by Gasteiger charge is -2.20. The Morgan fingerprint density at radius 1 is 0.926 bits per heavy atom. The number of rotatable bonds is 4. The number of benzene rings is 2. The van der Waals surface area contributed by atoms with Crippen LogP contribution in [0.25, 0.3) is 0 Å². The van der Waals surface area contributed by atoms with Crippen LogP contribution in [0.15, 0.2) is 35.2 Å². The highest BCUT2D eigenvalue weighted by Gasteiger charge is 2.29. The molecule has 3 rings (SSSR count). The van der Waals surface area contributed by atoms with E-state index in [1.165, 1.54) is 4.31 Å². The van der Waals surface area contributed by atoms with Gasteiger partial charge in [0, 0.05) is 6.54 Å². The molecule has 146 valence electrons. The van der Waals surface area contributed by atoms with E-state index in [0.717, 1.165) is 16.7 Å². The van der Waals surface area contributed by atoms with E-state index in [4.69, 9.17) is 0 Å². The van der Waals surface area contributed by atoms with Crippen molar-refractivity contribution in [2.75, 3.05) is 21.3 Å². The molecule has 6 nitrogen and oxygen atoms in total. The second-order valence-corrected chi connectivity index (χ2v) is 10.7. The lowest BCUT2D eigenvalue weighted by atomic mass is 10.1. The number of aryl methyl sites for hydroxylation is 4. The molecule has 0 spiro atoms. The van der Waals surface area contributed by atoms with Crippen LogP contribution < -0.4 is 9.03 Å². The van der Waals surface area contributed by atoms with Gasteiger partial charge in [0.1, 0.15) is 0 Å². The maximum atomic E-state index is 13.0. The van der Waals surface area contributed by atoms with Gasteiger partial charge in [-0.25, -0.2) is 16.8 Å². The fraction of sp³-hybridized carbons (Fsp3) is 0.368. The Labute approximate surface area is 161 Å². The van der Waals surface area contributed by atoms with E-state index < -0.39 is 20.0 Å². The van der Waals surface area contributed by atoms with Gasteiger partial charge in [0.05, 0.1) is 22.0 Å². The van der Waals surface area contributed by atoms with Crippen molar-refractivity contribution in [3.8, 4) is 0 Å². The quantitative estimate of drug-likeness (QED) is 0.842. The maximum Gasteiger partial charge on any atom is 0.262 e. The Bertz CT molecular complexity index is 1110. The fourth-order valence-electron chi connectivity index (χ4n) is 3.23. The highest BCUT2D eigenvalue weighted by atomic mass is 32.2. The minimum atomic E-state index is -3.79. The van der Waals surface area contributed by atoms with Gasteiger partial charge >= 0.3 is 0 Å². The standard InChI is InChI=1S/C19H24N2O4S2/c1-13-6-7-17(21-8-5-9-26(21,22)23)12-18(13)20-27(24,25)19-11-15(3)14(2)10-16(19)4/h6-7,10-12,20H,5,8-9H2,1-4H3. The molecule has 8 heteroatoms. The molecule has 1 aliphatic heterocycles. The van der Waals surface area contributed by atoms with Crippen LogP contribution in [0.1, 0.15) is 28.7 Å². The van der Waals surface area contributed by atoms with E-state index in [9.17, 15) is 16.8 Å². The Kier molecular flexibility index (Phi) is 4.98. The van der Waals surface area contributed by atoms with Gasteiger partial charge in [-0.1, -0.05) is 12.1 Å². The minimum absolute atomic E-state index is 0.115. The summed E-state index contributed by atoms with van der Waals surface area (Å²) in [5, 5.41) is 0. The van der Waals surface area contributed by atoms with E-state index in [1.54, 1.807) is 38.1 Å². The minimum Gasteiger partial charge on any atom is -0.279 e. The average Bonchev–Trinajstić information content (AvgIpc) is 2.92. The predicted molar refractivity (Wildman–Crippen MR) is 108 cm³/mol. The molecule has 0 aromatic heterocycles. The maximum absolute atomic E-state index is 13.0. The second-order valence-electron chi connectivity index (χ2n) is 7.05. The van der Waals surface area contributed by atoms with Crippen molar-refractivity contribution < 1.29 is 16.8 Å². The predicted octanol–water partition coefficient (Wildman–Crippen LogP) is 3.26. The van der Waals surface area contributed by atoms with E-state index in [1.807, 2.05) is 19.9 Å². The Hall–Kier alpha value is -2.06. The summed E-state index contributed by atoms with van der Waals surface area (Å²) >= 11 is 0. The van der Waals surface area contributed by atoms with Gasteiger partial charge in [-0.3, -0.25) is 9.03 Å². The molecule has 0 saturated carbocycles. The summed E-state index contributed by atoms with van der Waals surface area (Å²) in [5.74, 6) is 0.115. The summed E-state index contributed by atoms with van der Waals surface area (Å²) < 4.78 is 54.2. The lowest BCUT2D eigenvalue weighted by Crippen LogP contribution is -2.25. The molecule has 1 heterocycles. The molecule has 1 aliphatic rings. The van der Waals surface area contributed by atoms with E-state index in [0.29, 0.717) is 29.9 Å². The van der Waals surface area contributed by atoms with Crippen molar-refractivity contribution in [2.45, 2.75) is 39.0 Å². The summed E-state index contributed by atoms with van der Waals surface area (Å²) in [4.78, 5) is 0.226. The van der Waals surface area contributed by atoms with Gasteiger partial charge < -0.3 is 0 Å². The number of hydrogen-bond acceptors (Lipinski definition) is 4. The van der Waals surface area contributed by atoms with Gasteiger partial charge in [0.15, 0.2) is 0 Å². The Morgan fingerprint density at radius 2 is 1.59 bits per heavy atom. The molecule has 0 atom stereocenters. The van der Waals surface area contributed by atoms with Gasteiger partial charge in [-0.05, 0) is 74.6 Å². The van der Waals surface area contributed by atoms with Crippen molar-refractivity contribution >= 4 is 31.4 Å². The summed E-state index contributed by atoms with van der Waals surface area (Å²) in [6.07, 6.45) is 0.569. The molecule has 0 unspecified atom stereocenters. The molecule has 1 fully saturated rings. The van der Waals surface area contributed by atoms with Crippen molar-refractivity contribution in [3.05, 3.63) is 52.6 Å². The third-order valence-electron chi connectivity index (χ3n) is 4.93. The molecule has 0 radical (unpaired) electrons. The van der Waals surface area contributed by atoms with Gasteiger partial charge in [-0.2, -0.15) is 0 Å². The van der Waals surface area contributed by atoms with Gasteiger partial charge in [0.25, 0.3) is 10.0 Å². The molecule has 1 saturated heterocycles. The van der Waals surface area contributed by atoms with E-state index in [2.05, 4.69) is 4.72 Å². The molecule has 0 bridgehead atoms. The van der Waals surface area contributed by atoms with Gasteiger partial charge in [0.2, 0.25) is 10.0 Å². The number of anilines is 2. The number of nitrogens with one attached hydrogen (secondary N) is 1. The van der Waals surface area contributed by atoms with Crippen LogP contribution in [0.2, 0.25) is 0 Å². The van der Waals surface area contributed by atoms with Crippen molar-refractivity contribution in [3.63, 3.8) is 0 Å². The van der Waals surface area contributed by atoms with E-state index >= 15 is 0 Å². The topological polar surface area (TPSA) is 83.6 Å². The van der Waals surface area contributed by atoms with Crippen molar-refractivity contribution in [1.29, 1.82) is 0 Å². The number of hydrogen-bond donors (Lipinski definition) is 1. The fourth-order valence-corrected chi connectivity index (χ4v) is 6.22. The third-order valence-corrected chi connectivity index (χ3v) is 8.31. The van der Waals surface area contributed by atoms with Crippen LogP contribution >= 0.6 is 0 Å². The van der Waals surface area contributed by atoms with Gasteiger partial charge in [-0.15, -0.1) is 0 Å². The second kappa shape index (κ2) is 6.83. The first kappa shape index (κ1) is 19.7. The molecule has 0 aliphatic carbocycles. The number of sulfonamides is 2. The zero-order chi connectivity index (χ0) is 20.0. The van der Waals surface area contributed by atoms with Crippen LogP contribution in [-0.2, 0) is 20.0 Å². The van der Waals surface area contributed by atoms with Crippen molar-refractivity contribution in [1.82, 2.24) is 0 Å². The van der Waals surface area contributed by atoms with Crippen LogP contribution in [0.4, 0.5) is 11.4 Å². The smallest absolute Gasteiger partial charge is 0.262 e. The highest BCUT2D eigenvalue weighted by Crippen LogP contribution is 2.30. The molecular weight excluding hydrogens is 384 g/mol. The summed E-state index contributed by atoms with van der Waals surface area (Å²) in [7, 11) is -7.12. The molecular formula is C19H24N2O4S2.